The molecule has 0 amide bonds. The van der Waals surface area contributed by atoms with E-state index in [1.165, 1.54) is 24.2 Å². The summed E-state index contributed by atoms with van der Waals surface area (Å²) in [4.78, 5) is 4.61. The van der Waals surface area contributed by atoms with E-state index in [1.54, 1.807) is 11.3 Å². The predicted octanol–water partition coefficient (Wildman–Crippen LogP) is 5.11. The maximum atomic E-state index is 9.60. The number of hydrogen-bond donors (Lipinski definition) is 0. The predicted molar refractivity (Wildman–Crippen MR) is 95.3 cm³/mol. The molecule has 3 aromatic rings. The van der Waals surface area contributed by atoms with Gasteiger partial charge in [-0.3, -0.25) is 0 Å². The Labute approximate surface area is 139 Å². The molecule has 3 nitrogen and oxygen atoms in total. The molecular weight excluding hydrogens is 302 g/mol. The number of nitrogens with zero attached hydrogens (tertiary/aromatic N) is 3. The number of para-hydroxylation sites is 1. The first kappa shape index (κ1) is 14.2. The molecule has 1 saturated carbocycles. The van der Waals surface area contributed by atoms with Gasteiger partial charge in [-0.2, -0.15) is 5.26 Å². The molecule has 0 radical (unpaired) electrons. The van der Waals surface area contributed by atoms with Crippen molar-refractivity contribution in [3.05, 3.63) is 52.3 Å². The Morgan fingerprint density at radius 3 is 2.83 bits per heavy atom. The lowest BCUT2D eigenvalue weighted by atomic mass is 10.1. The first-order valence-electron chi connectivity index (χ1n) is 7.83. The van der Waals surface area contributed by atoms with Crippen LogP contribution in [0.3, 0.4) is 0 Å². The third kappa shape index (κ3) is 2.47. The highest BCUT2D eigenvalue weighted by molar-refractivity contribution is 7.19. The smallest absolute Gasteiger partial charge is 0.135 e. The minimum absolute atomic E-state index is 0.641. The average Bonchev–Trinajstić information content (AvgIpc) is 3.21. The van der Waals surface area contributed by atoms with Gasteiger partial charge >= 0.3 is 0 Å². The maximum Gasteiger partial charge on any atom is 0.135 e. The van der Waals surface area contributed by atoms with Gasteiger partial charge in [0.25, 0.3) is 0 Å². The first-order chi connectivity index (χ1) is 11.2. The van der Waals surface area contributed by atoms with Crippen LogP contribution in [0.2, 0.25) is 0 Å². The third-order valence-corrected chi connectivity index (χ3v) is 5.45. The Kier molecular flexibility index (Phi) is 3.32. The van der Waals surface area contributed by atoms with Crippen LogP contribution in [0.4, 0.5) is 0 Å². The second-order valence-corrected chi connectivity index (χ2v) is 7.11. The lowest BCUT2D eigenvalue weighted by Gasteiger charge is -2.06. The van der Waals surface area contributed by atoms with Gasteiger partial charge in [0.2, 0.25) is 0 Å². The van der Waals surface area contributed by atoms with Crippen molar-refractivity contribution >= 4 is 33.2 Å². The average molecular weight is 319 g/mol. The zero-order valence-corrected chi connectivity index (χ0v) is 14.0. The normalized spacial score (nSPS) is 15.1. The molecule has 0 unspecified atom stereocenters. The van der Waals surface area contributed by atoms with Crippen LogP contribution in [-0.4, -0.2) is 9.55 Å². The van der Waals surface area contributed by atoms with E-state index in [4.69, 9.17) is 0 Å². The van der Waals surface area contributed by atoms with E-state index in [0.29, 0.717) is 11.6 Å². The van der Waals surface area contributed by atoms with Crippen LogP contribution >= 0.6 is 11.3 Å². The lowest BCUT2D eigenvalue weighted by Crippen LogP contribution is -1.98. The van der Waals surface area contributed by atoms with Gasteiger partial charge in [-0.25, -0.2) is 4.98 Å². The Balaban J connectivity index is 1.79. The molecule has 114 valence electrons. The quantitative estimate of drug-likeness (QED) is 0.629. The topological polar surface area (TPSA) is 41.6 Å². The van der Waals surface area contributed by atoms with Crippen molar-refractivity contribution in [3.8, 4) is 6.07 Å². The number of nitriles is 1. The van der Waals surface area contributed by atoms with Crippen LogP contribution in [0.15, 0.2) is 30.3 Å². The summed E-state index contributed by atoms with van der Waals surface area (Å²) >= 11 is 1.58. The number of fused-ring (bicyclic) bond motifs is 1. The molecule has 1 fully saturated rings. The fourth-order valence-corrected chi connectivity index (χ4v) is 4.06. The zero-order valence-electron chi connectivity index (χ0n) is 13.2. The number of allylic oxidation sites excluding steroid dienone is 1. The summed E-state index contributed by atoms with van der Waals surface area (Å²) in [5.74, 6) is 0. The molecule has 0 saturated heterocycles. The van der Waals surface area contributed by atoms with Crippen molar-refractivity contribution in [1.29, 1.82) is 5.26 Å². The lowest BCUT2D eigenvalue weighted by molar-refractivity contribution is 0.699. The third-order valence-electron chi connectivity index (χ3n) is 4.38. The summed E-state index contributed by atoms with van der Waals surface area (Å²) in [5.41, 5.74) is 5.25. The second kappa shape index (κ2) is 5.36. The van der Waals surface area contributed by atoms with Crippen LogP contribution in [0, 0.1) is 25.2 Å². The van der Waals surface area contributed by atoms with E-state index >= 15 is 0 Å². The highest BCUT2D eigenvalue weighted by atomic mass is 32.1. The molecular formula is C19H17N3S. The van der Waals surface area contributed by atoms with Gasteiger partial charge < -0.3 is 4.57 Å². The van der Waals surface area contributed by atoms with Gasteiger partial charge in [-0.15, -0.1) is 11.3 Å². The van der Waals surface area contributed by atoms with Crippen LogP contribution < -0.4 is 0 Å². The van der Waals surface area contributed by atoms with Crippen molar-refractivity contribution in [2.75, 3.05) is 0 Å². The fourth-order valence-electron chi connectivity index (χ4n) is 3.13. The van der Waals surface area contributed by atoms with Gasteiger partial charge in [0.1, 0.15) is 11.1 Å². The van der Waals surface area contributed by atoms with Crippen LogP contribution in [0.5, 0.6) is 0 Å². The summed E-state index contributed by atoms with van der Waals surface area (Å²) in [6.45, 7) is 4.29. The molecule has 4 rings (SSSR count). The number of aromatic nitrogens is 2. The SMILES string of the molecule is Cc1cc(C=C(C#N)c2nc3ccccc3s2)c(C)n1C1CC1. The zero-order chi connectivity index (χ0) is 16.0. The van der Waals surface area contributed by atoms with Crippen molar-refractivity contribution in [3.63, 3.8) is 0 Å². The minimum Gasteiger partial charge on any atom is -0.346 e. The van der Waals surface area contributed by atoms with E-state index in [9.17, 15) is 5.26 Å². The molecule has 2 heterocycles. The van der Waals surface area contributed by atoms with Crippen molar-refractivity contribution in [1.82, 2.24) is 9.55 Å². The molecule has 1 aromatic carbocycles. The number of aryl methyl sites for hydroxylation is 1. The molecule has 4 heteroatoms. The standard InChI is InChI=1S/C19H17N3S/c1-12-9-14(13(2)22(12)16-7-8-16)10-15(11-20)19-21-17-5-3-4-6-18(17)23-19/h3-6,9-10,16H,7-8H2,1-2H3. The van der Waals surface area contributed by atoms with E-state index in [1.807, 2.05) is 30.3 Å². The molecule has 1 aliphatic rings. The number of hydrogen-bond acceptors (Lipinski definition) is 3. The first-order valence-corrected chi connectivity index (χ1v) is 8.65. The Morgan fingerprint density at radius 2 is 2.13 bits per heavy atom. The van der Waals surface area contributed by atoms with Crippen LogP contribution in [0.25, 0.3) is 21.9 Å². The Morgan fingerprint density at radius 1 is 1.35 bits per heavy atom. The number of rotatable bonds is 3. The van der Waals surface area contributed by atoms with E-state index in [0.717, 1.165) is 20.8 Å². The van der Waals surface area contributed by atoms with Gasteiger partial charge in [-0.1, -0.05) is 12.1 Å². The van der Waals surface area contributed by atoms with E-state index in [-0.39, 0.29) is 0 Å². The van der Waals surface area contributed by atoms with Crippen molar-refractivity contribution < 1.29 is 0 Å². The molecule has 0 spiro atoms. The van der Waals surface area contributed by atoms with Gasteiger partial charge in [0, 0.05) is 17.4 Å². The second-order valence-electron chi connectivity index (χ2n) is 6.08. The molecule has 23 heavy (non-hydrogen) atoms. The van der Waals surface area contributed by atoms with E-state index < -0.39 is 0 Å². The van der Waals surface area contributed by atoms with Gasteiger partial charge in [0.05, 0.1) is 15.8 Å². The fraction of sp³-hybridized carbons (Fsp3) is 0.263. The molecule has 0 aliphatic heterocycles. The molecule has 0 atom stereocenters. The Hall–Kier alpha value is -2.38. The summed E-state index contributed by atoms with van der Waals surface area (Å²) in [6, 6.07) is 13.2. The minimum atomic E-state index is 0.641. The largest absolute Gasteiger partial charge is 0.346 e. The Bertz CT molecular complexity index is 931. The van der Waals surface area contributed by atoms with Crippen LogP contribution in [-0.2, 0) is 0 Å². The molecule has 1 aliphatic carbocycles. The van der Waals surface area contributed by atoms with Gasteiger partial charge in [0.15, 0.2) is 0 Å². The monoisotopic (exact) mass is 319 g/mol. The van der Waals surface area contributed by atoms with Gasteiger partial charge in [-0.05, 0) is 56.5 Å². The van der Waals surface area contributed by atoms with Crippen molar-refractivity contribution in [2.24, 2.45) is 0 Å². The van der Waals surface area contributed by atoms with E-state index in [2.05, 4.69) is 35.5 Å². The van der Waals surface area contributed by atoms with Crippen molar-refractivity contribution in [2.45, 2.75) is 32.7 Å². The number of thiazole rings is 1. The summed E-state index contributed by atoms with van der Waals surface area (Å²) in [7, 11) is 0. The summed E-state index contributed by atoms with van der Waals surface area (Å²) < 4.78 is 3.52. The highest BCUT2D eigenvalue weighted by Gasteiger charge is 2.26. The summed E-state index contributed by atoms with van der Waals surface area (Å²) in [5, 5.41) is 10.4. The number of benzene rings is 1. The molecule has 2 aromatic heterocycles. The highest BCUT2D eigenvalue weighted by Crippen LogP contribution is 2.39. The summed E-state index contributed by atoms with van der Waals surface area (Å²) in [6.07, 6.45) is 4.52. The molecule has 0 bridgehead atoms. The maximum absolute atomic E-state index is 9.60. The molecule has 0 N–H and O–H groups in total. The van der Waals surface area contributed by atoms with Crippen LogP contribution in [0.1, 0.15) is 40.8 Å².